The number of hydrogen-bond acceptors (Lipinski definition) is 2. The molecule has 0 aliphatic rings. The van der Waals surface area contributed by atoms with Crippen LogP contribution in [-0.4, -0.2) is 13.7 Å². The van der Waals surface area contributed by atoms with Crippen molar-refractivity contribution in [2.24, 2.45) is 5.92 Å². The van der Waals surface area contributed by atoms with Gasteiger partial charge in [-0.3, -0.25) is 0 Å². The molecule has 0 fully saturated rings. The van der Waals surface area contributed by atoms with Gasteiger partial charge in [-0.25, -0.2) is 0 Å². The van der Waals surface area contributed by atoms with Gasteiger partial charge in [-0.2, -0.15) is 0 Å². The summed E-state index contributed by atoms with van der Waals surface area (Å²) in [5.74, 6) is 0.765. The zero-order valence-corrected chi connectivity index (χ0v) is 10.6. The zero-order chi connectivity index (χ0) is 11.8. The van der Waals surface area contributed by atoms with E-state index >= 15 is 0 Å². The first-order chi connectivity index (χ1) is 7.74. The number of ether oxygens (including phenoxy) is 1. The van der Waals surface area contributed by atoms with Crippen molar-refractivity contribution < 1.29 is 4.74 Å². The molecule has 0 atom stereocenters. The highest BCUT2D eigenvalue weighted by Gasteiger charge is 2.00. The highest BCUT2D eigenvalue weighted by molar-refractivity contribution is 5.26. The van der Waals surface area contributed by atoms with Crippen LogP contribution in [0.15, 0.2) is 24.3 Å². The van der Waals surface area contributed by atoms with Crippen molar-refractivity contribution in [2.75, 3.05) is 13.7 Å². The molecule has 0 heterocycles. The predicted molar refractivity (Wildman–Crippen MR) is 68.3 cm³/mol. The lowest BCUT2D eigenvalue weighted by atomic mass is 10.1. The first-order valence-electron chi connectivity index (χ1n) is 6.00. The lowest BCUT2D eigenvalue weighted by molar-refractivity contribution is 0.184. The van der Waals surface area contributed by atoms with E-state index in [1.807, 2.05) is 0 Å². The molecule has 0 unspecified atom stereocenters. The van der Waals surface area contributed by atoms with Gasteiger partial charge in [0.25, 0.3) is 0 Å². The normalized spacial score (nSPS) is 11.0. The van der Waals surface area contributed by atoms with Gasteiger partial charge in [-0.15, -0.1) is 0 Å². The molecule has 0 saturated heterocycles. The Balaban J connectivity index is 2.40. The summed E-state index contributed by atoms with van der Waals surface area (Å²) in [7, 11) is 1.74. The van der Waals surface area contributed by atoms with E-state index in [1.54, 1.807) is 7.11 Å². The molecule has 1 aromatic rings. The van der Waals surface area contributed by atoms with Crippen molar-refractivity contribution in [1.29, 1.82) is 0 Å². The maximum atomic E-state index is 5.19. The molecule has 1 rings (SSSR count). The van der Waals surface area contributed by atoms with Crippen LogP contribution in [0.3, 0.4) is 0 Å². The first-order valence-corrected chi connectivity index (χ1v) is 6.00. The highest BCUT2D eigenvalue weighted by atomic mass is 16.5. The minimum atomic E-state index is 0.696. The largest absolute Gasteiger partial charge is 0.380 e. The number of hydrogen-bond donors (Lipinski definition) is 1. The van der Waals surface area contributed by atoms with E-state index in [1.165, 1.54) is 17.5 Å². The summed E-state index contributed by atoms with van der Waals surface area (Å²) in [5.41, 5.74) is 2.62. The molecule has 1 N–H and O–H groups in total. The Morgan fingerprint density at radius 1 is 1.19 bits per heavy atom. The van der Waals surface area contributed by atoms with E-state index in [-0.39, 0.29) is 0 Å². The van der Waals surface area contributed by atoms with E-state index in [2.05, 4.69) is 43.4 Å². The average Bonchev–Trinajstić information content (AvgIpc) is 2.26. The average molecular weight is 221 g/mol. The summed E-state index contributed by atoms with van der Waals surface area (Å²) in [5, 5.41) is 3.48. The van der Waals surface area contributed by atoms with Gasteiger partial charge in [0.2, 0.25) is 0 Å². The maximum Gasteiger partial charge on any atom is 0.0716 e. The summed E-state index contributed by atoms with van der Waals surface area (Å²) in [6, 6.07) is 8.43. The van der Waals surface area contributed by atoms with Crippen LogP contribution in [0.1, 0.15) is 31.4 Å². The number of methoxy groups -OCH3 is 1. The molecular formula is C14H23NO. The molecule has 2 nitrogen and oxygen atoms in total. The van der Waals surface area contributed by atoms with Crippen LogP contribution in [0.25, 0.3) is 0 Å². The lowest BCUT2D eigenvalue weighted by Gasteiger charge is -2.10. The third kappa shape index (κ3) is 4.77. The van der Waals surface area contributed by atoms with Gasteiger partial charge < -0.3 is 10.1 Å². The molecule has 1 aromatic carbocycles. The van der Waals surface area contributed by atoms with Crippen molar-refractivity contribution in [3.8, 4) is 0 Å². The number of rotatable bonds is 7. The van der Waals surface area contributed by atoms with Crippen LogP contribution in [0.5, 0.6) is 0 Å². The minimum absolute atomic E-state index is 0.696. The van der Waals surface area contributed by atoms with E-state index in [4.69, 9.17) is 4.74 Å². The van der Waals surface area contributed by atoms with Gasteiger partial charge in [-0.05, 0) is 30.0 Å². The third-order valence-corrected chi connectivity index (χ3v) is 2.63. The van der Waals surface area contributed by atoms with Crippen LogP contribution < -0.4 is 5.32 Å². The number of nitrogens with one attached hydrogen (secondary N) is 1. The Kier molecular flexibility index (Phi) is 6.12. The SMILES string of the molecule is COCc1ccccc1CNCCC(C)C. The molecule has 0 radical (unpaired) electrons. The molecule has 0 saturated carbocycles. The summed E-state index contributed by atoms with van der Waals surface area (Å²) in [6.45, 7) is 7.22. The second-order valence-electron chi connectivity index (χ2n) is 4.56. The highest BCUT2D eigenvalue weighted by Crippen LogP contribution is 2.09. The minimum Gasteiger partial charge on any atom is -0.380 e. The summed E-state index contributed by atoms with van der Waals surface area (Å²) in [4.78, 5) is 0. The summed E-state index contributed by atoms with van der Waals surface area (Å²) in [6.07, 6.45) is 1.23. The number of benzene rings is 1. The second kappa shape index (κ2) is 7.42. The van der Waals surface area contributed by atoms with Crippen molar-refractivity contribution in [2.45, 2.75) is 33.4 Å². The van der Waals surface area contributed by atoms with Gasteiger partial charge in [0, 0.05) is 13.7 Å². The molecule has 0 bridgehead atoms. The van der Waals surface area contributed by atoms with Crippen molar-refractivity contribution in [1.82, 2.24) is 5.32 Å². The van der Waals surface area contributed by atoms with Crippen molar-refractivity contribution >= 4 is 0 Å². The zero-order valence-electron chi connectivity index (χ0n) is 10.6. The topological polar surface area (TPSA) is 21.3 Å². The van der Waals surface area contributed by atoms with Gasteiger partial charge in [-0.1, -0.05) is 38.1 Å². The fourth-order valence-corrected chi connectivity index (χ4v) is 1.64. The molecule has 0 amide bonds. The van der Waals surface area contributed by atoms with E-state index in [0.29, 0.717) is 6.61 Å². The van der Waals surface area contributed by atoms with Gasteiger partial charge >= 0.3 is 0 Å². The fraction of sp³-hybridized carbons (Fsp3) is 0.571. The van der Waals surface area contributed by atoms with Crippen LogP contribution in [0, 0.1) is 5.92 Å². The summed E-state index contributed by atoms with van der Waals surface area (Å²) >= 11 is 0. The molecule has 0 spiro atoms. The Hall–Kier alpha value is -0.860. The maximum absolute atomic E-state index is 5.19. The quantitative estimate of drug-likeness (QED) is 0.715. The smallest absolute Gasteiger partial charge is 0.0716 e. The standard InChI is InChI=1S/C14H23NO/c1-12(2)8-9-15-10-13-6-4-5-7-14(13)11-16-3/h4-7,12,15H,8-11H2,1-3H3. The van der Waals surface area contributed by atoms with Crippen LogP contribution in [0.2, 0.25) is 0 Å². The Morgan fingerprint density at radius 2 is 1.88 bits per heavy atom. The summed E-state index contributed by atoms with van der Waals surface area (Å²) < 4.78 is 5.19. The van der Waals surface area contributed by atoms with Crippen LogP contribution >= 0.6 is 0 Å². The Labute approximate surface area is 99.0 Å². The first kappa shape index (κ1) is 13.2. The second-order valence-corrected chi connectivity index (χ2v) is 4.56. The predicted octanol–water partition coefficient (Wildman–Crippen LogP) is 2.97. The molecule has 90 valence electrons. The molecular weight excluding hydrogens is 198 g/mol. The molecule has 0 aliphatic heterocycles. The Bertz CT molecular complexity index is 297. The molecule has 16 heavy (non-hydrogen) atoms. The van der Waals surface area contributed by atoms with Crippen molar-refractivity contribution in [3.05, 3.63) is 35.4 Å². The molecule has 0 aliphatic carbocycles. The third-order valence-electron chi connectivity index (χ3n) is 2.63. The van der Waals surface area contributed by atoms with E-state index in [0.717, 1.165) is 19.0 Å². The fourth-order valence-electron chi connectivity index (χ4n) is 1.64. The van der Waals surface area contributed by atoms with Gasteiger partial charge in [0.1, 0.15) is 0 Å². The molecule has 0 aromatic heterocycles. The van der Waals surface area contributed by atoms with E-state index in [9.17, 15) is 0 Å². The van der Waals surface area contributed by atoms with Gasteiger partial charge in [0.05, 0.1) is 6.61 Å². The lowest BCUT2D eigenvalue weighted by Crippen LogP contribution is -2.17. The van der Waals surface area contributed by atoms with Crippen LogP contribution in [-0.2, 0) is 17.9 Å². The van der Waals surface area contributed by atoms with Crippen LogP contribution in [0.4, 0.5) is 0 Å². The van der Waals surface area contributed by atoms with Crippen molar-refractivity contribution in [3.63, 3.8) is 0 Å². The molecule has 2 heteroatoms. The van der Waals surface area contributed by atoms with E-state index < -0.39 is 0 Å². The Morgan fingerprint density at radius 3 is 2.50 bits per heavy atom. The van der Waals surface area contributed by atoms with Gasteiger partial charge in [0.15, 0.2) is 0 Å². The monoisotopic (exact) mass is 221 g/mol.